The van der Waals surface area contributed by atoms with Crippen LogP contribution < -0.4 is 0 Å². The van der Waals surface area contributed by atoms with Gasteiger partial charge in [0.2, 0.25) is 0 Å². The second kappa shape index (κ2) is 10.2. The van der Waals surface area contributed by atoms with Gasteiger partial charge in [-0.2, -0.15) is 0 Å². The maximum atomic E-state index is 14.2. The van der Waals surface area contributed by atoms with E-state index in [0.717, 1.165) is 17.7 Å². The van der Waals surface area contributed by atoms with Gasteiger partial charge in [0.1, 0.15) is 0 Å². The Morgan fingerprint density at radius 1 is 0.868 bits per heavy atom. The van der Waals surface area contributed by atoms with Crippen molar-refractivity contribution in [2.24, 2.45) is 0 Å². The van der Waals surface area contributed by atoms with Crippen molar-refractivity contribution >= 4 is 36.1 Å². The van der Waals surface area contributed by atoms with E-state index in [0.29, 0.717) is 0 Å². The third-order valence-corrected chi connectivity index (χ3v) is 12.5. The molecule has 1 heterocycles. The summed E-state index contributed by atoms with van der Waals surface area (Å²) in [6, 6.07) is 17.7. The fourth-order valence-electron chi connectivity index (χ4n) is 3.88. The zero-order chi connectivity index (χ0) is 27.9. The summed E-state index contributed by atoms with van der Waals surface area (Å²) < 4.78 is 122. The number of allylic oxidation sites excluding steroid dienone is 1. The number of benzene rings is 3. The van der Waals surface area contributed by atoms with Crippen LogP contribution in [0.2, 0.25) is 0 Å². The molecule has 0 bridgehead atoms. The van der Waals surface area contributed by atoms with E-state index in [9.17, 15) is 34.8 Å². The van der Waals surface area contributed by atoms with Crippen molar-refractivity contribution < 1.29 is 42.0 Å². The van der Waals surface area contributed by atoms with E-state index >= 15 is 0 Å². The Kier molecular flexibility index (Phi) is 7.62. The van der Waals surface area contributed by atoms with Gasteiger partial charge < -0.3 is 0 Å². The first-order valence-corrected chi connectivity index (χ1v) is 15.6. The summed E-state index contributed by atoms with van der Waals surface area (Å²) in [6.45, 7) is 3.25. The van der Waals surface area contributed by atoms with Gasteiger partial charge in [-0.3, -0.25) is 0 Å². The quantitative estimate of drug-likeness (QED) is 0.115. The number of fused-ring (bicyclic) bond motifs is 1. The summed E-state index contributed by atoms with van der Waals surface area (Å²) in [5, 5.41) is 0. The monoisotopic (exact) mass is 670 g/mol. The van der Waals surface area contributed by atoms with Crippen LogP contribution in [-0.2, 0) is 23.0 Å². The molecule has 4 rings (SSSR count). The average Bonchev–Trinajstić information content (AvgIpc) is 3.22. The molecule has 0 saturated heterocycles. The predicted octanol–water partition coefficient (Wildman–Crippen LogP) is 8.12. The third kappa shape index (κ3) is 4.93. The molecule has 0 N–H and O–H groups in total. The normalized spacial score (nSPS) is 17.1. The molecule has 12 heteroatoms. The Labute approximate surface area is 223 Å². The predicted molar refractivity (Wildman–Crippen MR) is 137 cm³/mol. The SMILES string of the molecule is CC/C(=C(\OS(=O)(=O)c1ccc(C)cc1)c1ccccc1)I1OC(C(F)(F)F)(C(F)(F)F)c2ccccc21. The summed E-state index contributed by atoms with van der Waals surface area (Å²) in [5.41, 5.74) is -4.63. The van der Waals surface area contributed by atoms with Gasteiger partial charge in [-0.15, -0.1) is 0 Å². The van der Waals surface area contributed by atoms with Crippen molar-refractivity contribution in [3.63, 3.8) is 0 Å². The zero-order valence-electron chi connectivity index (χ0n) is 19.9. The van der Waals surface area contributed by atoms with E-state index in [1.54, 1.807) is 25.1 Å². The first-order chi connectivity index (χ1) is 17.7. The molecule has 4 nitrogen and oxygen atoms in total. The summed E-state index contributed by atoms with van der Waals surface area (Å²) in [5.74, 6) is -0.339. The molecule has 0 spiro atoms. The van der Waals surface area contributed by atoms with Gasteiger partial charge in [0.15, 0.2) is 0 Å². The van der Waals surface area contributed by atoms with Crippen molar-refractivity contribution in [3.05, 3.63) is 103 Å². The summed E-state index contributed by atoms with van der Waals surface area (Å²) in [6.07, 6.45) is -11.8. The molecule has 0 unspecified atom stereocenters. The second-order valence-corrected chi connectivity index (χ2v) is 14.2. The number of alkyl halides is 6. The summed E-state index contributed by atoms with van der Waals surface area (Å²) in [4.78, 5) is -0.219. The summed E-state index contributed by atoms with van der Waals surface area (Å²) in [7, 11) is -4.50. The molecular weight excluding hydrogens is 649 g/mol. The van der Waals surface area contributed by atoms with E-state index in [1.165, 1.54) is 55.5 Å². The standard InChI is InChI=1S/C26H21F6IO4S/c1-3-21(33-22-12-8-7-11-20(22)24(37-33,25(27,28)29)26(30,31)32)23(18-9-5-4-6-10-18)36-38(34,35)19-15-13-17(2)14-16-19/h4-16H,3H2,1-2H3/b23-21+. The molecule has 0 aromatic heterocycles. The van der Waals surface area contributed by atoms with Crippen LogP contribution in [-0.4, -0.2) is 20.8 Å². The minimum atomic E-state index is -5.83. The fourth-order valence-corrected chi connectivity index (χ4v) is 10.8. The van der Waals surface area contributed by atoms with Crippen molar-refractivity contribution in [1.82, 2.24) is 0 Å². The molecule has 0 aliphatic carbocycles. The molecule has 3 aromatic carbocycles. The average molecular weight is 670 g/mol. The number of rotatable bonds is 6. The van der Waals surface area contributed by atoms with Crippen molar-refractivity contribution in [3.8, 4) is 0 Å². The Bertz CT molecular complexity index is 1440. The second-order valence-electron chi connectivity index (χ2n) is 8.29. The fraction of sp³-hybridized carbons (Fsp3) is 0.231. The van der Waals surface area contributed by atoms with Gasteiger partial charge in [0.25, 0.3) is 0 Å². The topological polar surface area (TPSA) is 52.6 Å². The molecule has 1 aliphatic rings. The van der Waals surface area contributed by atoms with Gasteiger partial charge in [-0.05, 0) is 0 Å². The Hall–Kier alpha value is -2.58. The van der Waals surface area contributed by atoms with Crippen LogP contribution in [0.1, 0.15) is 30.0 Å². The van der Waals surface area contributed by atoms with Gasteiger partial charge in [0.05, 0.1) is 0 Å². The zero-order valence-corrected chi connectivity index (χ0v) is 22.9. The number of hydrogen-bond acceptors (Lipinski definition) is 4. The molecular formula is C26H21F6IO4S. The molecule has 204 valence electrons. The van der Waals surface area contributed by atoms with Crippen LogP contribution in [0.25, 0.3) is 5.76 Å². The van der Waals surface area contributed by atoms with E-state index in [2.05, 4.69) is 0 Å². The van der Waals surface area contributed by atoms with Crippen molar-refractivity contribution in [2.45, 2.75) is 43.1 Å². The van der Waals surface area contributed by atoms with Gasteiger partial charge in [-0.1, -0.05) is 0 Å². The van der Waals surface area contributed by atoms with Gasteiger partial charge in [0, 0.05) is 0 Å². The van der Waals surface area contributed by atoms with Crippen LogP contribution in [0.5, 0.6) is 0 Å². The molecule has 1 aliphatic heterocycles. The van der Waals surface area contributed by atoms with Crippen LogP contribution in [0.15, 0.2) is 87.3 Å². The van der Waals surface area contributed by atoms with Crippen LogP contribution >= 0.6 is 20.2 Å². The number of aryl methyl sites for hydroxylation is 1. The van der Waals surface area contributed by atoms with Crippen LogP contribution in [0.3, 0.4) is 0 Å². The van der Waals surface area contributed by atoms with Crippen molar-refractivity contribution in [1.29, 1.82) is 0 Å². The van der Waals surface area contributed by atoms with E-state index in [-0.39, 0.29) is 29.8 Å². The molecule has 38 heavy (non-hydrogen) atoms. The van der Waals surface area contributed by atoms with Gasteiger partial charge in [-0.25, -0.2) is 0 Å². The number of halogens is 7. The first kappa shape index (κ1) is 28.4. The summed E-state index contributed by atoms with van der Waals surface area (Å²) >= 11 is -4.03. The van der Waals surface area contributed by atoms with Gasteiger partial charge >= 0.3 is 224 Å². The molecule has 0 radical (unpaired) electrons. The molecule has 0 fully saturated rings. The molecule has 0 amide bonds. The number of hydrogen-bond donors (Lipinski definition) is 0. The Balaban J connectivity index is 1.96. The van der Waals surface area contributed by atoms with E-state index < -0.39 is 53.9 Å². The minimum absolute atomic E-state index is 0.0427. The molecule has 0 atom stereocenters. The Morgan fingerprint density at radius 3 is 1.97 bits per heavy atom. The van der Waals surface area contributed by atoms with Crippen molar-refractivity contribution in [2.75, 3.05) is 0 Å². The van der Waals surface area contributed by atoms with Crippen LogP contribution in [0.4, 0.5) is 26.3 Å². The first-order valence-electron chi connectivity index (χ1n) is 11.1. The van der Waals surface area contributed by atoms with E-state index in [4.69, 9.17) is 7.25 Å². The Morgan fingerprint density at radius 2 is 1.42 bits per heavy atom. The molecule has 0 saturated carbocycles. The molecule has 3 aromatic rings. The van der Waals surface area contributed by atoms with Crippen LogP contribution in [0, 0.1) is 10.5 Å². The van der Waals surface area contributed by atoms with E-state index in [1.807, 2.05) is 0 Å². The maximum absolute atomic E-state index is 14.2. The third-order valence-electron chi connectivity index (χ3n) is 5.73.